The van der Waals surface area contributed by atoms with Crippen molar-refractivity contribution in [2.45, 2.75) is 38.5 Å². The van der Waals surface area contributed by atoms with Gasteiger partial charge >= 0.3 is 53.7 Å². The molecule has 10 aromatic carbocycles. The first kappa shape index (κ1) is 96.8. The van der Waals surface area contributed by atoms with Gasteiger partial charge in [-0.05, 0) is 243 Å². The van der Waals surface area contributed by atoms with Crippen LogP contribution in [0.2, 0.25) is 0 Å². The molecule has 0 N–H and O–H groups in total. The molecule has 0 saturated carbocycles. The maximum atomic E-state index is 12.5. The molecule has 10 aromatic rings. The molecule has 0 fully saturated rings. The molecular formula is C95H91Cl3O22. The second kappa shape index (κ2) is 57.3. The van der Waals surface area contributed by atoms with Crippen molar-refractivity contribution in [3.05, 3.63) is 338 Å². The van der Waals surface area contributed by atoms with Crippen LogP contribution < -0.4 is 47.4 Å². The molecule has 25 heteroatoms. The Kier molecular flexibility index (Phi) is 46.2. The molecule has 0 heterocycles. The van der Waals surface area contributed by atoms with Crippen LogP contribution in [-0.2, 0) is 38.2 Å². The first-order chi connectivity index (χ1) is 58.5. The Morgan fingerprint density at radius 1 is 0.258 bits per heavy atom. The summed E-state index contributed by atoms with van der Waals surface area (Å²) in [5, 5.41) is 0. The number of rotatable bonds is 37. The van der Waals surface area contributed by atoms with Gasteiger partial charge in [0.1, 0.15) is 57.5 Å². The molecule has 0 unspecified atom stereocenters. The fourth-order valence-corrected chi connectivity index (χ4v) is 9.67. The number of unbranched alkanes of at least 4 members (excludes halogenated alkanes) is 3. The Labute approximate surface area is 712 Å². The highest BCUT2D eigenvalue weighted by Crippen LogP contribution is 2.26. The Balaban J connectivity index is 0.000000311. The molecule has 0 atom stereocenters. The minimum Gasteiger partial charge on any atom is -0.497 e. The van der Waals surface area contributed by atoms with Crippen LogP contribution in [0.4, 0.5) is 0 Å². The summed E-state index contributed by atoms with van der Waals surface area (Å²) in [7, 11) is 1.59. The van der Waals surface area contributed by atoms with E-state index in [2.05, 4.69) is 54.5 Å². The van der Waals surface area contributed by atoms with Crippen molar-refractivity contribution in [1.29, 1.82) is 0 Å². The van der Waals surface area contributed by atoms with Crippen molar-refractivity contribution in [2.75, 3.05) is 65.9 Å². The van der Waals surface area contributed by atoms with Crippen LogP contribution in [0.15, 0.2) is 305 Å². The maximum Gasteiger partial charge on any atom is 0.343 e. The minimum absolute atomic E-state index is 0.307. The Morgan fingerprint density at radius 2 is 0.492 bits per heavy atom. The van der Waals surface area contributed by atoms with Gasteiger partial charge in [-0.25, -0.2) is 43.2 Å². The fraction of sp³-hybridized carbons (Fsp3) is 0.168. The normalized spacial score (nSPS) is 10.0. The highest BCUT2D eigenvalue weighted by atomic mass is 35.5. The first-order valence-electron chi connectivity index (χ1n) is 37.0. The highest BCUT2D eigenvalue weighted by molar-refractivity contribution is 6.15. The molecular weight excluding hydrogens is 1600 g/mol. The third-order valence-corrected chi connectivity index (χ3v) is 15.6. The largest absolute Gasteiger partial charge is 0.497 e. The van der Waals surface area contributed by atoms with Crippen LogP contribution in [-0.4, -0.2) is 120 Å². The van der Waals surface area contributed by atoms with Crippen molar-refractivity contribution in [3.63, 3.8) is 0 Å². The predicted octanol–water partition coefficient (Wildman–Crippen LogP) is 20.1. The molecule has 0 radical (unpaired) electrons. The smallest absolute Gasteiger partial charge is 0.343 e. The number of benzene rings is 10. The predicted molar refractivity (Wildman–Crippen MR) is 462 cm³/mol. The van der Waals surface area contributed by atoms with Crippen LogP contribution >= 0.6 is 34.8 Å². The Bertz CT molecular complexity index is 4850. The van der Waals surface area contributed by atoms with Gasteiger partial charge in [0.05, 0.1) is 69.0 Å². The lowest BCUT2D eigenvalue weighted by Gasteiger charge is -2.09. The molecule has 0 aliphatic heterocycles. The average molecular weight is 1690 g/mol. The summed E-state index contributed by atoms with van der Waals surface area (Å²) in [6.07, 6.45) is 17.9. The van der Waals surface area contributed by atoms with Crippen molar-refractivity contribution in [1.82, 2.24) is 0 Å². The van der Waals surface area contributed by atoms with Gasteiger partial charge in [-0.15, -0.1) is 34.8 Å². The molecule has 22 nitrogen and oxygen atoms in total. The van der Waals surface area contributed by atoms with Gasteiger partial charge in [0, 0.05) is 49.5 Å². The number of hydrogen-bond acceptors (Lipinski definition) is 22. The topological polar surface area (TPSA) is 274 Å². The molecule has 120 heavy (non-hydrogen) atoms. The van der Waals surface area contributed by atoms with Crippen LogP contribution in [0.25, 0.3) is 23.3 Å². The summed E-state index contributed by atoms with van der Waals surface area (Å²) in [4.78, 5) is 107. The molecule has 0 amide bonds. The summed E-state index contributed by atoms with van der Waals surface area (Å²) in [6, 6.07) is 72.0. The molecule has 0 saturated heterocycles. The zero-order chi connectivity index (χ0) is 86.9. The van der Waals surface area contributed by atoms with Gasteiger partial charge in [-0.1, -0.05) is 105 Å². The molecule has 0 bridgehead atoms. The van der Waals surface area contributed by atoms with Crippen molar-refractivity contribution in [2.24, 2.45) is 0 Å². The Morgan fingerprint density at radius 3 is 0.775 bits per heavy atom. The van der Waals surface area contributed by atoms with Gasteiger partial charge in [0.2, 0.25) is 0 Å². The summed E-state index contributed by atoms with van der Waals surface area (Å²) < 4.78 is 68.9. The number of halogens is 3. The van der Waals surface area contributed by atoms with E-state index in [1.807, 2.05) is 84.9 Å². The highest BCUT2D eigenvalue weighted by Gasteiger charge is 2.16. The number of carbonyl (C=O) groups excluding carboxylic acids is 9. The molecule has 0 spiro atoms. The van der Waals surface area contributed by atoms with Gasteiger partial charge in [0.25, 0.3) is 0 Å². The van der Waals surface area contributed by atoms with E-state index in [0.29, 0.717) is 152 Å². The van der Waals surface area contributed by atoms with Crippen molar-refractivity contribution < 1.29 is 105 Å². The number of carbonyl (C=O) groups is 9. The second-order valence-electron chi connectivity index (χ2n) is 24.0. The van der Waals surface area contributed by atoms with Crippen LogP contribution in [0.3, 0.4) is 0 Å². The van der Waals surface area contributed by atoms with E-state index in [0.717, 1.165) is 46.2 Å². The second-order valence-corrected chi connectivity index (χ2v) is 24.0. The lowest BCUT2D eigenvalue weighted by molar-refractivity contribution is -0.138. The SMILES string of the molecule is C=CC(=O)OCCCCOc1ccc(C(=O)Oc2ccc(OC(=O)/C=C/c3ccc(OC)cc3)cc2)cc1.C=CC(=O)OCCCCOc1ccc(C(=O)Oc2ccc(OC(=O)/C=C/c3ccccc3)cc2)cc1.C=CC(=O)OCCCCOc1ccc(C(=O)Oc2ccc(OC(=O)c3ccc(-c4ccccc4)cc3)cc2)cc1.CCl.CCl.CCl. The average Bonchev–Trinajstić information content (AvgIpc) is 0.849. The summed E-state index contributed by atoms with van der Waals surface area (Å²) in [6.45, 7) is 12.3. The van der Waals surface area contributed by atoms with Crippen LogP contribution in [0, 0.1) is 0 Å². The third-order valence-electron chi connectivity index (χ3n) is 15.6. The first-order valence-corrected chi connectivity index (χ1v) is 39.3. The number of methoxy groups -OCH3 is 1. The number of esters is 9. The van der Waals surface area contributed by atoms with Crippen LogP contribution in [0.5, 0.6) is 57.5 Å². The van der Waals surface area contributed by atoms with E-state index < -0.39 is 53.7 Å². The monoisotopic (exact) mass is 1690 g/mol. The van der Waals surface area contributed by atoms with Gasteiger partial charge in [-0.2, -0.15) is 0 Å². The van der Waals surface area contributed by atoms with Crippen molar-refractivity contribution >= 4 is 101 Å². The lowest BCUT2D eigenvalue weighted by atomic mass is 10.0. The van der Waals surface area contributed by atoms with Gasteiger partial charge in [-0.3, -0.25) is 0 Å². The zero-order valence-corrected chi connectivity index (χ0v) is 68.8. The number of alkyl halides is 3. The van der Waals surface area contributed by atoms with E-state index in [-0.39, 0.29) is 0 Å². The van der Waals surface area contributed by atoms with E-state index in [1.165, 1.54) is 55.6 Å². The molecule has 10 rings (SSSR count). The van der Waals surface area contributed by atoms with Crippen molar-refractivity contribution in [3.8, 4) is 68.6 Å². The van der Waals surface area contributed by atoms with Crippen LogP contribution in [0.1, 0.15) is 91.1 Å². The van der Waals surface area contributed by atoms with E-state index >= 15 is 0 Å². The minimum atomic E-state index is -0.538. The Hall–Kier alpha value is -13.8. The quantitative estimate of drug-likeness (QED) is 0.00873. The zero-order valence-electron chi connectivity index (χ0n) is 66.5. The molecule has 0 aliphatic rings. The molecule has 624 valence electrons. The standard InChI is InChI=1S/C33H28O7.C30H28O8.C29H26O7.3CH3Cl/c1-2-31(34)38-23-7-6-22-37-28-16-14-27(15-17-28)33(36)40-30-20-18-29(19-21-30)39-32(35)26-12-10-25(11-13-26)24-8-4-3-5-9-24;1-3-28(31)36-21-5-4-20-35-25-13-9-23(10-14-25)30(33)38-27-17-15-26(16-18-27)37-29(32)19-8-22-6-11-24(34-2)12-7-22;1-2-27(30)34-21-7-6-20-33-24-13-11-23(12-14-24)29(32)36-26-17-15-25(16-18-26)35-28(31)19-10-22-8-4-3-5-9-22;3*1-2/h2-5,8-21H,1,6-7,22-23H2;3,6-19H,1,4-5,20-21H2,2H3;2-5,8-19H,1,6-7,20-21H2;3*1H3/b;19-8+;19-10+;;;. The summed E-state index contributed by atoms with van der Waals surface area (Å²) in [5.41, 5.74) is 5.29. The summed E-state index contributed by atoms with van der Waals surface area (Å²) >= 11 is 13.9. The van der Waals surface area contributed by atoms with E-state index in [4.69, 9.17) is 61.6 Å². The molecule has 0 aliphatic carbocycles. The summed E-state index contributed by atoms with van der Waals surface area (Å²) in [5.74, 6) is 0.0272. The lowest BCUT2D eigenvalue weighted by Crippen LogP contribution is -2.09. The number of ether oxygens (including phenoxy) is 13. The maximum absolute atomic E-state index is 12.5. The van der Waals surface area contributed by atoms with E-state index in [1.54, 1.807) is 165 Å². The number of hydrogen-bond donors (Lipinski definition) is 0. The molecule has 0 aromatic heterocycles. The van der Waals surface area contributed by atoms with E-state index in [9.17, 15) is 43.2 Å². The third kappa shape index (κ3) is 37.9. The van der Waals surface area contributed by atoms with Gasteiger partial charge in [0.15, 0.2) is 0 Å². The fourth-order valence-electron chi connectivity index (χ4n) is 9.67. The van der Waals surface area contributed by atoms with Gasteiger partial charge < -0.3 is 61.6 Å².